The SMILES string of the molecule is Cc1ccc(-c2cc(NC(N)=S)n(-c3ccc(Cl)cc3)n2)cc1. The predicted molar refractivity (Wildman–Crippen MR) is 99.2 cm³/mol. The van der Waals surface area contributed by atoms with Gasteiger partial charge in [0, 0.05) is 16.7 Å². The predicted octanol–water partition coefficient (Wildman–Crippen LogP) is 4.16. The summed E-state index contributed by atoms with van der Waals surface area (Å²) in [6.07, 6.45) is 0. The lowest BCUT2D eigenvalue weighted by atomic mass is 10.1. The molecule has 0 aliphatic carbocycles. The standard InChI is InChI=1S/C17H15ClN4S/c1-11-2-4-12(5-3-11)15-10-16(20-17(19)23)22(21-15)14-8-6-13(18)7-9-14/h2-10H,1H3,(H3,19,20,23). The highest BCUT2D eigenvalue weighted by molar-refractivity contribution is 7.80. The van der Waals surface area contributed by atoms with Gasteiger partial charge in [-0.25, -0.2) is 4.68 Å². The molecule has 3 rings (SSSR count). The molecule has 0 amide bonds. The van der Waals surface area contributed by atoms with Crippen LogP contribution in [0.4, 0.5) is 5.82 Å². The quantitative estimate of drug-likeness (QED) is 0.702. The van der Waals surface area contributed by atoms with Gasteiger partial charge in [-0.3, -0.25) is 0 Å². The fourth-order valence-electron chi connectivity index (χ4n) is 2.24. The van der Waals surface area contributed by atoms with Crippen molar-refractivity contribution in [2.45, 2.75) is 6.92 Å². The van der Waals surface area contributed by atoms with Crippen LogP contribution in [0.25, 0.3) is 16.9 Å². The Bertz CT molecular complexity index is 838. The Morgan fingerprint density at radius 3 is 2.39 bits per heavy atom. The van der Waals surface area contributed by atoms with Gasteiger partial charge in [0.1, 0.15) is 5.82 Å². The highest BCUT2D eigenvalue weighted by Crippen LogP contribution is 2.25. The number of rotatable bonds is 3. The summed E-state index contributed by atoms with van der Waals surface area (Å²) in [6, 6.07) is 17.5. The molecule has 0 aliphatic rings. The molecule has 23 heavy (non-hydrogen) atoms. The van der Waals surface area contributed by atoms with Crippen molar-refractivity contribution in [3.05, 3.63) is 65.2 Å². The fourth-order valence-corrected chi connectivity index (χ4v) is 2.47. The fraction of sp³-hybridized carbons (Fsp3) is 0.0588. The molecular weight excluding hydrogens is 328 g/mol. The van der Waals surface area contributed by atoms with Crippen LogP contribution >= 0.6 is 23.8 Å². The van der Waals surface area contributed by atoms with Crippen molar-refractivity contribution in [2.75, 3.05) is 5.32 Å². The smallest absolute Gasteiger partial charge is 0.169 e. The number of aryl methyl sites for hydroxylation is 1. The van der Waals surface area contributed by atoms with E-state index < -0.39 is 0 Å². The van der Waals surface area contributed by atoms with Crippen molar-refractivity contribution in [1.29, 1.82) is 0 Å². The number of aromatic nitrogens is 2. The summed E-state index contributed by atoms with van der Waals surface area (Å²) in [4.78, 5) is 0. The highest BCUT2D eigenvalue weighted by atomic mass is 35.5. The molecule has 0 saturated heterocycles. The Hall–Kier alpha value is -2.37. The molecule has 0 bridgehead atoms. The molecule has 0 spiro atoms. The number of nitrogens with one attached hydrogen (secondary N) is 1. The zero-order valence-electron chi connectivity index (χ0n) is 12.5. The first-order chi connectivity index (χ1) is 11.0. The van der Waals surface area contributed by atoms with Crippen LogP contribution in [-0.2, 0) is 0 Å². The topological polar surface area (TPSA) is 55.9 Å². The van der Waals surface area contributed by atoms with E-state index in [0.717, 1.165) is 16.9 Å². The summed E-state index contributed by atoms with van der Waals surface area (Å²) in [5.74, 6) is 0.704. The van der Waals surface area contributed by atoms with E-state index in [1.165, 1.54) is 5.56 Å². The molecule has 0 unspecified atom stereocenters. The van der Waals surface area contributed by atoms with Gasteiger partial charge in [0.2, 0.25) is 0 Å². The van der Waals surface area contributed by atoms with Crippen molar-refractivity contribution >= 4 is 34.7 Å². The average Bonchev–Trinajstić information content (AvgIpc) is 2.92. The molecular formula is C17H15ClN4S. The lowest BCUT2D eigenvalue weighted by Crippen LogP contribution is -2.20. The first-order valence-electron chi connectivity index (χ1n) is 7.02. The summed E-state index contributed by atoms with van der Waals surface area (Å²) in [7, 11) is 0. The van der Waals surface area contributed by atoms with Gasteiger partial charge in [0.05, 0.1) is 11.4 Å². The van der Waals surface area contributed by atoms with Crippen molar-refractivity contribution in [3.8, 4) is 16.9 Å². The van der Waals surface area contributed by atoms with Crippen molar-refractivity contribution in [2.24, 2.45) is 5.73 Å². The third-order valence-electron chi connectivity index (χ3n) is 3.38. The Morgan fingerprint density at radius 1 is 1.13 bits per heavy atom. The Labute approximate surface area is 144 Å². The summed E-state index contributed by atoms with van der Waals surface area (Å²) in [5.41, 5.74) is 9.54. The first-order valence-corrected chi connectivity index (χ1v) is 7.81. The zero-order valence-corrected chi connectivity index (χ0v) is 14.0. The monoisotopic (exact) mass is 342 g/mol. The number of thiocarbonyl (C=S) groups is 1. The molecule has 4 nitrogen and oxygen atoms in total. The lowest BCUT2D eigenvalue weighted by Gasteiger charge is -2.08. The Morgan fingerprint density at radius 2 is 1.78 bits per heavy atom. The number of nitrogens with two attached hydrogens (primary N) is 1. The van der Waals surface area contributed by atoms with Crippen LogP contribution in [0.3, 0.4) is 0 Å². The van der Waals surface area contributed by atoms with Gasteiger partial charge in [-0.15, -0.1) is 0 Å². The molecule has 1 heterocycles. The highest BCUT2D eigenvalue weighted by Gasteiger charge is 2.11. The molecule has 0 atom stereocenters. The molecule has 0 aliphatic heterocycles. The maximum absolute atomic E-state index is 5.95. The minimum absolute atomic E-state index is 0.190. The second-order valence-corrected chi connectivity index (χ2v) is 6.03. The maximum atomic E-state index is 5.95. The Balaban J connectivity index is 2.08. The largest absolute Gasteiger partial charge is 0.376 e. The van der Waals surface area contributed by atoms with E-state index in [1.54, 1.807) is 4.68 Å². The number of nitrogens with zero attached hydrogens (tertiary/aromatic N) is 2. The minimum atomic E-state index is 0.190. The summed E-state index contributed by atoms with van der Waals surface area (Å²) in [6.45, 7) is 2.05. The van der Waals surface area contributed by atoms with Gasteiger partial charge in [0.15, 0.2) is 5.11 Å². The minimum Gasteiger partial charge on any atom is -0.376 e. The van der Waals surface area contributed by atoms with Crippen LogP contribution in [-0.4, -0.2) is 14.9 Å². The normalized spacial score (nSPS) is 10.5. The van der Waals surface area contributed by atoms with E-state index in [0.29, 0.717) is 10.8 Å². The van der Waals surface area contributed by atoms with Crippen molar-refractivity contribution in [3.63, 3.8) is 0 Å². The molecule has 3 aromatic rings. The van der Waals surface area contributed by atoms with Gasteiger partial charge >= 0.3 is 0 Å². The lowest BCUT2D eigenvalue weighted by molar-refractivity contribution is 0.893. The third kappa shape index (κ3) is 3.52. The third-order valence-corrected chi connectivity index (χ3v) is 3.73. The van der Waals surface area contributed by atoms with Crippen LogP contribution in [0.1, 0.15) is 5.56 Å². The van der Waals surface area contributed by atoms with Crippen LogP contribution in [0.5, 0.6) is 0 Å². The second kappa shape index (κ2) is 6.40. The number of benzene rings is 2. The number of hydrogen-bond acceptors (Lipinski definition) is 2. The van der Waals surface area contributed by atoms with Gasteiger partial charge < -0.3 is 11.1 Å². The molecule has 1 aromatic heterocycles. The molecule has 0 radical (unpaired) electrons. The summed E-state index contributed by atoms with van der Waals surface area (Å²) >= 11 is 10.9. The number of anilines is 1. The van der Waals surface area contributed by atoms with Gasteiger partial charge in [-0.2, -0.15) is 5.10 Å². The van der Waals surface area contributed by atoms with Gasteiger partial charge in [-0.05, 0) is 43.4 Å². The van der Waals surface area contributed by atoms with Crippen molar-refractivity contribution in [1.82, 2.24) is 9.78 Å². The summed E-state index contributed by atoms with van der Waals surface area (Å²) < 4.78 is 1.75. The zero-order chi connectivity index (χ0) is 16.4. The van der Waals surface area contributed by atoms with Crippen LogP contribution in [0.15, 0.2) is 54.6 Å². The Kier molecular flexibility index (Phi) is 4.32. The second-order valence-electron chi connectivity index (χ2n) is 5.16. The number of hydrogen-bond donors (Lipinski definition) is 2. The van der Waals surface area contributed by atoms with E-state index in [2.05, 4.69) is 29.5 Å². The molecule has 6 heteroatoms. The molecule has 2 aromatic carbocycles. The van der Waals surface area contributed by atoms with E-state index in [1.807, 2.05) is 42.5 Å². The molecule has 0 fully saturated rings. The summed E-state index contributed by atoms with van der Waals surface area (Å²) in [5, 5.41) is 8.48. The van der Waals surface area contributed by atoms with Gasteiger partial charge in [0.25, 0.3) is 0 Å². The van der Waals surface area contributed by atoms with Crippen LogP contribution < -0.4 is 11.1 Å². The van der Waals surface area contributed by atoms with Crippen LogP contribution in [0.2, 0.25) is 5.02 Å². The average molecular weight is 343 g/mol. The van der Waals surface area contributed by atoms with Crippen molar-refractivity contribution < 1.29 is 0 Å². The van der Waals surface area contributed by atoms with Gasteiger partial charge in [-0.1, -0.05) is 41.4 Å². The maximum Gasteiger partial charge on any atom is 0.169 e. The molecule has 3 N–H and O–H groups in total. The molecule has 0 saturated carbocycles. The van der Waals surface area contributed by atoms with E-state index in [-0.39, 0.29) is 5.11 Å². The van der Waals surface area contributed by atoms with E-state index in [9.17, 15) is 0 Å². The number of halogens is 1. The molecule has 116 valence electrons. The van der Waals surface area contributed by atoms with Crippen LogP contribution in [0, 0.1) is 6.92 Å². The van der Waals surface area contributed by atoms with E-state index >= 15 is 0 Å². The first kappa shape index (κ1) is 15.5. The van der Waals surface area contributed by atoms with E-state index in [4.69, 9.17) is 29.6 Å².